The van der Waals surface area contributed by atoms with Crippen molar-refractivity contribution in [2.24, 2.45) is 0 Å². The summed E-state index contributed by atoms with van der Waals surface area (Å²) in [6.45, 7) is 0.365. The molecule has 5 heteroatoms. The molecule has 1 heterocycles. The molecule has 1 aromatic heterocycles. The summed E-state index contributed by atoms with van der Waals surface area (Å²) in [5, 5.41) is 2.81. The van der Waals surface area contributed by atoms with Crippen molar-refractivity contribution in [3.8, 4) is 0 Å². The number of hydrogen-bond acceptors (Lipinski definition) is 4. The lowest BCUT2D eigenvalue weighted by Crippen LogP contribution is -2.24. The molecule has 0 aliphatic rings. The highest BCUT2D eigenvalue weighted by Gasteiger charge is 2.07. The Hall–Kier alpha value is -2.69. The highest BCUT2D eigenvalue weighted by atomic mass is 16.5. The third kappa shape index (κ3) is 4.42. The number of carbonyl (C=O) groups excluding carboxylic acids is 2. The molecule has 0 unspecified atom stereocenters. The third-order valence-electron chi connectivity index (χ3n) is 2.93. The van der Waals surface area contributed by atoms with E-state index in [1.165, 1.54) is 7.11 Å². The number of carbonyl (C=O) groups is 2. The van der Waals surface area contributed by atoms with Crippen LogP contribution in [0.5, 0.6) is 0 Å². The Balaban J connectivity index is 1.91. The molecular weight excluding hydrogens is 268 g/mol. The Morgan fingerprint density at radius 2 is 2.00 bits per heavy atom. The standard InChI is InChI=1S/C16H16N2O3/c1-21-16(20)14-6-2-4-12(8-14)11-18-15(19)9-13-5-3-7-17-10-13/h2-8,10H,9,11H2,1H3,(H,18,19). The van der Waals surface area contributed by atoms with Gasteiger partial charge in [-0.1, -0.05) is 18.2 Å². The van der Waals surface area contributed by atoms with Crippen molar-refractivity contribution in [3.05, 3.63) is 65.5 Å². The Bertz CT molecular complexity index is 626. The van der Waals surface area contributed by atoms with Gasteiger partial charge in [0.05, 0.1) is 19.1 Å². The van der Waals surface area contributed by atoms with Crippen LogP contribution in [0.25, 0.3) is 0 Å². The number of esters is 1. The largest absolute Gasteiger partial charge is 0.465 e. The lowest BCUT2D eigenvalue weighted by molar-refractivity contribution is -0.120. The smallest absolute Gasteiger partial charge is 0.337 e. The number of hydrogen-bond donors (Lipinski definition) is 1. The number of aromatic nitrogens is 1. The van der Waals surface area contributed by atoms with Crippen LogP contribution in [0, 0.1) is 0 Å². The van der Waals surface area contributed by atoms with Gasteiger partial charge in [-0.2, -0.15) is 0 Å². The summed E-state index contributed by atoms with van der Waals surface area (Å²) in [4.78, 5) is 27.2. The number of benzene rings is 1. The summed E-state index contributed by atoms with van der Waals surface area (Å²) in [5.74, 6) is -0.481. The number of rotatable bonds is 5. The van der Waals surface area contributed by atoms with E-state index in [0.29, 0.717) is 12.1 Å². The van der Waals surface area contributed by atoms with Gasteiger partial charge in [0, 0.05) is 18.9 Å². The lowest BCUT2D eigenvalue weighted by atomic mass is 10.1. The predicted molar refractivity (Wildman–Crippen MR) is 77.6 cm³/mol. The fourth-order valence-corrected chi connectivity index (χ4v) is 1.88. The molecule has 0 radical (unpaired) electrons. The summed E-state index contributed by atoms with van der Waals surface area (Å²) in [5.41, 5.74) is 2.17. The van der Waals surface area contributed by atoms with Crippen LogP contribution in [-0.4, -0.2) is 24.0 Å². The van der Waals surface area contributed by atoms with Gasteiger partial charge in [-0.05, 0) is 29.3 Å². The van der Waals surface area contributed by atoms with Crippen LogP contribution in [0.15, 0.2) is 48.8 Å². The molecule has 5 nitrogen and oxygen atoms in total. The van der Waals surface area contributed by atoms with Crippen molar-refractivity contribution in [2.45, 2.75) is 13.0 Å². The van der Waals surface area contributed by atoms with E-state index in [2.05, 4.69) is 15.0 Å². The van der Waals surface area contributed by atoms with E-state index in [4.69, 9.17) is 0 Å². The molecule has 21 heavy (non-hydrogen) atoms. The van der Waals surface area contributed by atoms with Gasteiger partial charge >= 0.3 is 5.97 Å². The first-order valence-corrected chi connectivity index (χ1v) is 6.52. The maximum absolute atomic E-state index is 11.8. The number of pyridine rings is 1. The van der Waals surface area contributed by atoms with Crippen molar-refractivity contribution in [1.82, 2.24) is 10.3 Å². The first-order valence-electron chi connectivity index (χ1n) is 6.52. The van der Waals surface area contributed by atoms with Crippen LogP contribution in [-0.2, 0) is 22.5 Å². The highest BCUT2D eigenvalue weighted by molar-refractivity contribution is 5.89. The minimum atomic E-state index is -0.390. The van der Waals surface area contributed by atoms with E-state index in [1.54, 1.807) is 36.7 Å². The minimum Gasteiger partial charge on any atom is -0.465 e. The number of ether oxygens (including phenoxy) is 1. The van der Waals surface area contributed by atoms with E-state index in [0.717, 1.165) is 11.1 Å². The quantitative estimate of drug-likeness (QED) is 0.849. The first-order chi connectivity index (χ1) is 10.2. The monoisotopic (exact) mass is 284 g/mol. The maximum Gasteiger partial charge on any atom is 0.337 e. The molecule has 1 amide bonds. The zero-order chi connectivity index (χ0) is 15.1. The zero-order valence-electron chi connectivity index (χ0n) is 11.7. The molecule has 108 valence electrons. The van der Waals surface area contributed by atoms with Gasteiger partial charge in [-0.3, -0.25) is 9.78 Å². The van der Waals surface area contributed by atoms with Crippen molar-refractivity contribution in [3.63, 3.8) is 0 Å². The van der Waals surface area contributed by atoms with Crippen molar-refractivity contribution < 1.29 is 14.3 Å². The molecule has 0 aliphatic carbocycles. The summed E-state index contributed by atoms with van der Waals surface area (Å²) in [7, 11) is 1.34. The van der Waals surface area contributed by atoms with E-state index in [1.807, 2.05) is 12.1 Å². The summed E-state index contributed by atoms with van der Waals surface area (Å²) in [6.07, 6.45) is 3.61. The summed E-state index contributed by atoms with van der Waals surface area (Å²) < 4.78 is 4.66. The molecule has 0 fully saturated rings. The minimum absolute atomic E-state index is 0.0912. The lowest BCUT2D eigenvalue weighted by Gasteiger charge is -2.07. The van der Waals surface area contributed by atoms with Gasteiger partial charge < -0.3 is 10.1 Å². The molecule has 2 rings (SSSR count). The summed E-state index contributed by atoms with van der Waals surface area (Å²) in [6, 6.07) is 10.6. The number of amides is 1. The molecular formula is C16H16N2O3. The van der Waals surface area contributed by atoms with Crippen molar-refractivity contribution >= 4 is 11.9 Å². The van der Waals surface area contributed by atoms with Crippen LogP contribution >= 0.6 is 0 Å². The van der Waals surface area contributed by atoms with Gasteiger partial charge in [0.1, 0.15) is 0 Å². The molecule has 1 N–H and O–H groups in total. The number of methoxy groups -OCH3 is 1. The molecule has 2 aromatic rings. The average molecular weight is 284 g/mol. The topological polar surface area (TPSA) is 68.3 Å². The zero-order valence-corrected chi connectivity index (χ0v) is 11.7. The van der Waals surface area contributed by atoms with Crippen LogP contribution in [0.3, 0.4) is 0 Å². The summed E-state index contributed by atoms with van der Waals surface area (Å²) >= 11 is 0. The van der Waals surface area contributed by atoms with E-state index in [-0.39, 0.29) is 12.3 Å². The fourth-order valence-electron chi connectivity index (χ4n) is 1.88. The Kier molecular flexibility index (Phi) is 5.04. The van der Waals surface area contributed by atoms with Crippen LogP contribution in [0.1, 0.15) is 21.5 Å². The normalized spacial score (nSPS) is 9.95. The second kappa shape index (κ2) is 7.19. The molecule has 0 saturated carbocycles. The Labute approximate surface area is 123 Å². The number of nitrogens with one attached hydrogen (secondary N) is 1. The van der Waals surface area contributed by atoms with Crippen LogP contribution in [0.2, 0.25) is 0 Å². The Morgan fingerprint density at radius 1 is 1.19 bits per heavy atom. The van der Waals surface area contributed by atoms with Crippen LogP contribution < -0.4 is 5.32 Å². The SMILES string of the molecule is COC(=O)c1cccc(CNC(=O)Cc2cccnc2)c1. The third-order valence-corrected chi connectivity index (χ3v) is 2.93. The van der Waals surface area contributed by atoms with E-state index in [9.17, 15) is 9.59 Å². The van der Waals surface area contributed by atoms with Gasteiger partial charge in [0.2, 0.25) is 5.91 Å². The second-order valence-electron chi connectivity index (χ2n) is 4.51. The van der Waals surface area contributed by atoms with Gasteiger partial charge in [-0.15, -0.1) is 0 Å². The van der Waals surface area contributed by atoms with Crippen LogP contribution in [0.4, 0.5) is 0 Å². The van der Waals surface area contributed by atoms with Crippen molar-refractivity contribution in [2.75, 3.05) is 7.11 Å². The molecule has 1 aromatic carbocycles. The van der Waals surface area contributed by atoms with E-state index >= 15 is 0 Å². The second-order valence-corrected chi connectivity index (χ2v) is 4.51. The van der Waals surface area contributed by atoms with Gasteiger partial charge in [0.25, 0.3) is 0 Å². The van der Waals surface area contributed by atoms with E-state index < -0.39 is 5.97 Å². The maximum atomic E-state index is 11.8. The van der Waals surface area contributed by atoms with Gasteiger partial charge in [-0.25, -0.2) is 4.79 Å². The highest BCUT2D eigenvalue weighted by Crippen LogP contribution is 2.06. The molecule has 0 bridgehead atoms. The predicted octanol–water partition coefficient (Wildman–Crippen LogP) is 1.73. The molecule has 0 spiro atoms. The fraction of sp³-hybridized carbons (Fsp3) is 0.188. The van der Waals surface area contributed by atoms with Crippen molar-refractivity contribution in [1.29, 1.82) is 0 Å². The average Bonchev–Trinajstić information content (AvgIpc) is 2.53. The molecule has 0 atom stereocenters. The molecule has 0 aliphatic heterocycles. The van der Waals surface area contributed by atoms with Gasteiger partial charge in [0.15, 0.2) is 0 Å². The number of nitrogens with zero attached hydrogens (tertiary/aromatic N) is 1. The molecule has 0 saturated heterocycles. The first kappa shape index (κ1) is 14.7. The Morgan fingerprint density at radius 3 is 2.71 bits per heavy atom.